The molecule has 3 N–H and O–H groups in total. The first-order valence-corrected chi connectivity index (χ1v) is 7.07. The molecular formula is C14H29N3O2. The average Bonchev–Trinajstić information content (AvgIpc) is 2.39. The van der Waals surface area contributed by atoms with Crippen LogP contribution in [-0.4, -0.2) is 43.9 Å². The van der Waals surface area contributed by atoms with Gasteiger partial charge in [0.1, 0.15) is 0 Å². The first-order chi connectivity index (χ1) is 8.92. The molecule has 112 valence electrons. The van der Waals surface area contributed by atoms with E-state index in [0.717, 1.165) is 12.8 Å². The number of hydrogen-bond acceptors (Lipinski definition) is 3. The van der Waals surface area contributed by atoms with Crippen molar-refractivity contribution < 1.29 is 9.59 Å². The van der Waals surface area contributed by atoms with E-state index in [0.29, 0.717) is 37.8 Å². The Balaban J connectivity index is 4.03. The predicted molar refractivity (Wildman–Crippen MR) is 77.6 cm³/mol. The molecule has 0 aliphatic heterocycles. The van der Waals surface area contributed by atoms with Crippen molar-refractivity contribution in [3.05, 3.63) is 0 Å². The lowest BCUT2D eigenvalue weighted by atomic mass is 9.88. The highest BCUT2D eigenvalue weighted by molar-refractivity contribution is 5.78. The molecule has 0 radical (unpaired) electrons. The molecule has 2 amide bonds. The van der Waals surface area contributed by atoms with Crippen molar-refractivity contribution in [1.82, 2.24) is 10.2 Å². The molecule has 0 fully saturated rings. The Labute approximate surface area is 116 Å². The van der Waals surface area contributed by atoms with Crippen molar-refractivity contribution in [2.24, 2.45) is 17.6 Å². The summed E-state index contributed by atoms with van der Waals surface area (Å²) >= 11 is 0. The first kappa shape index (κ1) is 17.9. The van der Waals surface area contributed by atoms with Gasteiger partial charge in [0.15, 0.2) is 0 Å². The Bertz CT molecular complexity index is 280. The largest absolute Gasteiger partial charge is 0.359 e. The molecule has 5 nitrogen and oxygen atoms in total. The number of hydrogen-bond donors (Lipinski definition) is 2. The molecule has 0 bridgehead atoms. The van der Waals surface area contributed by atoms with Crippen molar-refractivity contribution in [2.45, 2.75) is 39.5 Å². The van der Waals surface area contributed by atoms with Crippen molar-refractivity contribution in [3.8, 4) is 0 Å². The summed E-state index contributed by atoms with van der Waals surface area (Å²) in [5.41, 5.74) is 5.59. The standard InChI is InChI=1S/C14H29N3O2/c1-11(2)12(7-9-15)5-6-14(19)17(4)10-8-13(18)16-3/h11-12H,5-10,15H2,1-4H3,(H,16,18). The molecule has 0 saturated heterocycles. The topological polar surface area (TPSA) is 75.4 Å². The zero-order valence-electron chi connectivity index (χ0n) is 12.7. The van der Waals surface area contributed by atoms with Crippen LogP contribution >= 0.6 is 0 Å². The number of nitrogens with two attached hydrogens (primary N) is 1. The highest BCUT2D eigenvalue weighted by Gasteiger charge is 2.16. The van der Waals surface area contributed by atoms with Crippen LogP contribution in [0.3, 0.4) is 0 Å². The highest BCUT2D eigenvalue weighted by atomic mass is 16.2. The van der Waals surface area contributed by atoms with Gasteiger partial charge in [0.2, 0.25) is 11.8 Å². The van der Waals surface area contributed by atoms with Crippen LogP contribution in [0.1, 0.15) is 39.5 Å². The SMILES string of the molecule is CNC(=O)CCN(C)C(=O)CCC(CCN)C(C)C. The molecule has 0 aliphatic carbocycles. The van der Waals surface area contributed by atoms with Gasteiger partial charge < -0.3 is 16.0 Å². The lowest BCUT2D eigenvalue weighted by Gasteiger charge is -2.22. The fourth-order valence-corrected chi connectivity index (χ4v) is 2.04. The molecular weight excluding hydrogens is 242 g/mol. The van der Waals surface area contributed by atoms with Crippen molar-refractivity contribution >= 4 is 11.8 Å². The van der Waals surface area contributed by atoms with Crippen LogP contribution in [-0.2, 0) is 9.59 Å². The minimum atomic E-state index is -0.0390. The number of nitrogens with zero attached hydrogens (tertiary/aromatic N) is 1. The normalized spacial score (nSPS) is 12.3. The first-order valence-electron chi connectivity index (χ1n) is 7.07. The number of rotatable bonds is 9. The molecule has 0 heterocycles. The Hall–Kier alpha value is -1.10. The lowest BCUT2D eigenvalue weighted by Crippen LogP contribution is -2.31. The number of nitrogens with one attached hydrogen (secondary N) is 1. The van der Waals surface area contributed by atoms with Gasteiger partial charge >= 0.3 is 0 Å². The van der Waals surface area contributed by atoms with Crippen LogP contribution in [0.2, 0.25) is 0 Å². The second-order valence-corrected chi connectivity index (χ2v) is 5.36. The van der Waals surface area contributed by atoms with Crippen LogP contribution < -0.4 is 11.1 Å². The molecule has 0 aromatic heterocycles. The molecule has 0 aromatic carbocycles. The Kier molecular flexibility index (Phi) is 9.21. The van der Waals surface area contributed by atoms with Gasteiger partial charge in [-0.3, -0.25) is 9.59 Å². The molecule has 1 atom stereocenters. The summed E-state index contributed by atoms with van der Waals surface area (Å²) < 4.78 is 0. The van der Waals surface area contributed by atoms with Crippen LogP contribution in [0.5, 0.6) is 0 Å². The van der Waals surface area contributed by atoms with E-state index in [1.54, 1.807) is 19.0 Å². The van der Waals surface area contributed by atoms with Gasteiger partial charge in [-0.25, -0.2) is 0 Å². The lowest BCUT2D eigenvalue weighted by molar-refractivity contribution is -0.130. The minimum absolute atomic E-state index is 0.0390. The molecule has 0 aromatic rings. The number of carbonyl (C=O) groups excluding carboxylic acids is 2. The van der Waals surface area contributed by atoms with E-state index in [9.17, 15) is 9.59 Å². The van der Waals surface area contributed by atoms with Gasteiger partial charge in [-0.05, 0) is 31.2 Å². The Morgan fingerprint density at radius 1 is 1.21 bits per heavy atom. The minimum Gasteiger partial charge on any atom is -0.359 e. The van der Waals surface area contributed by atoms with Crippen molar-refractivity contribution in [2.75, 3.05) is 27.2 Å². The van der Waals surface area contributed by atoms with E-state index in [1.165, 1.54) is 0 Å². The summed E-state index contributed by atoms with van der Waals surface area (Å²) in [5.74, 6) is 1.11. The van der Waals surface area contributed by atoms with Gasteiger partial charge in [0.05, 0.1) is 0 Å². The van der Waals surface area contributed by atoms with Gasteiger partial charge in [0.25, 0.3) is 0 Å². The van der Waals surface area contributed by atoms with Gasteiger partial charge in [-0.2, -0.15) is 0 Å². The molecule has 5 heteroatoms. The summed E-state index contributed by atoms with van der Waals surface area (Å²) in [5, 5.41) is 2.55. The van der Waals surface area contributed by atoms with E-state index < -0.39 is 0 Å². The van der Waals surface area contributed by atoms with E-state index in [1.807, 2.05) is 0 Å². The predicted octanol–water partition coefficient (Wildman–Crippen LogP) is 0.982. The van der Waals surface area contributed by atoms with Crippen molar-refractivity contribution in [3.63, 3.8) is 0 Å². The molecule has 0 saturated carbocycles. The monoisotopic (exact) mass is 271 g/mol. The second kappa shape index (κ2) is 9.78. The number of carbonyl (C=O) groups is 2. The van der Waals surface area contributed by atoms with Gasteiger partial charge in [-0.1, -0.05) is 13.8 Å². The molecule has 0 rings (SSSR count). The highest BCUT2D eigenvalue weighted by Crippen LogP contribution is 2.20. The fraction of sp³-hybridized carbons (Fsp3) is 0.857. The van der Waals surface area contributed by atoms with Crippen LogP contribution in [0, 0.1) is 11.8 Å². The molecule has 1 unspecified atom stereocenters. The third kappa shape index (κ3) is 7.82. The smallest absolute Gasteiger partial charge is 0.222 e. The van der Waals surface area contributed by atoms with E-state index in [2.05, 4.69) is 19.2 Å². The zero-order valence-corrected chi connectivity index (χ0v) is 12.7. The van der Waals surface area contributed by atoms with Crippen LogP contribution in [0.25, 0.3) is 0 Å². The fourth-order valence-electron chi connectivity index (χ4n) is 2.04. The summed E-state index contributed by atoms with van der Waals surface area (Å²) in [7, 11) is 3.35. The summed E-state index contributed by atoms with van der Waals surface area (Å²) in [4.78, 5) is 24.7. The Morgan fingerprint density at radius 3 is 2.32 bits per heavy atom. The number of amides is 2. The molecule has 0 aliphatic rings. The summed E-state index contributed by atoms with van der Waals surface area (Å²) in [6.07, 6.45) is 2.73. The maximum atomic E-state index is 11.9. The van der Waals surface area contributed by atoms with Crippen LogP contribution in [0.4, 0.5) is 0 Å². The summed E-state index contributed by atoms with van der Waals surface area (Å²) in [6, 6.07) is 0. The van der Waals surface area contributed by atoms with E-state index in [4.69, 9.17) is 5.73 Å². The maximum Gasteiger partial charge on any atom is 0.222 e. The average molecular weight is 271 g/mol. The molecule has 0 spiro atoms. The maximum absolute atomic E-state index is 11.9. The van der Waals surface area contributed by atoms with E-state index >= 15 is 0 Å². The van der Waals surface area contributed by atoms with Gasteiger partial charge in [-0.15, -0.1) is 0 Å². The van der Waals surface area contributed by atoms with Crippen LogP contribution in [0.15, 0.2) is 0 Å². The molecule has 19 heavy (non-hydrogen) atoms. The van der Waals surface area contributed by atoms with Gasteiger partial charge in [0, 0.05) is 33.5 Å². The van der Waals surface area contributed by atoms with E-state index in [-0.39, 0.29) is 11.8 Å². The Morgan fingerprint density at radius 2 is 1.84 bits per heavy atom. The third-order valence-electron chi connectivity index (χ3n) is 3.59. The quantitative estimate of drug-likeness (QED) is 0.656. The third-order valence-corrected chi connectivity index (χ3v) is 3.59. The second-order valence-electron chi connectivity index (χ2n) is 5.36. The summed E-state index contributed by atoms with van der Waals surface area (Å²) in [6.45, 7) is 5.48. The zero-order chi connectivity index (χ0) is 14.8. The van der Waals surface area contributed by atoms with Crippen molar-refractivity contribution in [1.29, 1.82) is 0 Å².